The Morgan fingerprint density at radius 2 is 2.29 bits per heavy atom. The molecule has 0 spiro atoms. The minimum absolute atomic E-state index is 0.190. The van der Waals surface area contributed by atoms with Gasteiger partial charge >= 0.3 is 0 Å². The van der Waals surface area contributed by atoms with E-state index in [1.54, 1.807) is 18.3 Å². The van der Waals surface area contributed by atoms with Crippen molar-refractivity contribution in [3.05, 3.63) is 45.6 Å². The first-order valence-electron chi connectivity index (χ1n) is 5.20. The second-order valence-corrected chi connectivity index (χ2v) is 4.67. The van der Waals surface area contributed by atoms with Gasteiger partial charge in [0.15, 0.2) is 0 Å². The highest BCUT2D eigenvalue weighted by Crippen LogP contribution is 2.14. The van der Waals surface area contributed by atoms with Crippen LogP contribution < -0.4 is 5.32 Å². The number of aromatic nitrogens is 1. The molecule has 0 unspecified atom stereocenters. The summed E-state index contributed by atoms with van der Waals surface area (Å²) < 4.78 is 6.24. The summed E-state index contributed by atoms with van der Waals surface area (Å²) in [5.74, 6) is 1.04. The molecule has 0 saturated heterocycles. The van der Waals surface area contributed by atoms with Gasteiger partial charge in [0.05, 0.1) is 11.8 Å². The zero-order chi connectivity index (χ0) is 12.3. The Bertz CT molecular complexity index is 520. The van der Waals surface area contributed by atoms with Crippen molar-refractivity contribution in [1.29, 1.82) is 0 Å². The molecule has 0 aliphatic heterocycles. The number of anilines is 1. The van der Waals surface area contributed by atoms with Gasteiger partial charge in [-0.3, -0.25) is 4.79 Å². The van der Waals surface area contributed by atoms with E-state index in [0.29, 0.717) is 23.6 Å². The molecule has 2 aromatic rings. The number of hydrogen-bond donors (Lipinski definition) is 1. The summed E-state index contributed by atoms with van der Waals surface area (Å²) in [7, 11) is 0. The lowest BCUT2D eigenvalue weighted by atomic mass is 10.2. The standard InChI is InChI=1S/C12H11IN2O2/c1-2-10-9(5-6-17-10)12(16)15-11-4-3-8(13)7-14-11/h3-7H,2H2,1H3,(H,14,15,16). The van der Waals surface area contributed by atoms with Crippen molar-refractivity contribution >= 4 is 34.3 Å². The number of aryl methyl sites for hydroxylation is 1. The fourth-order valence-corrected chi connectivity index (χ4v) is 1.77. The number of nitrogens with one attached hydrogen (secondary N) is 1. The third kappa shape index (κ3) is 2.85. The molecule has 0 aliphatic rings. The van der Waals surface area contributed by atoms with E-state index in [-0.39, 0.29) is 5.91 Å². The molecular weight excluding hydrogens is 331 g/mol. The van der Waals surface area contributed by atoms with Gasteiger partial charge in [0.1, 0.15) is 11.6 Å². The zero-order valence-corrected chi connectivity index (χ0v) is 11.4. The summed E-state index contributed by atoms with van der Waals surface area (Å²) in [5.41, 5.74) is 0.563. The fraction of sp³-hybridized carbons (Fsp3) is 0.167. The highest BCUT2D eigenvalue weighted by Gasteiger charge is 2.13. The Morgan fingerprint density at radius 1 is 1.47 bits per heavy atom. The molecule has 0 aromatic carbocycles. The third-order valence-electron chi connectivity index (χ3n) is 2.28. The largest absolute Gasteiger partial charge is 0.469 e. The van der Waals surface area contributed by atoms with E-state index in [0.717, 1.165) is 3.57 Å². The minimum atomic E-state index is -0.190. The SMILES string of the molecule is CCc1occc1C(=O)Nc1ccc(I)cn1. The van der Waals surface area contributed by atoms with Crippen LogP contribution in [0.2, 0.25) is 0 Å². The predicted molar refractivity (Wildman–Crippen MR) is 73.0 cm³/mol. The average Bonchev–Trinajstić information content (AvgIpc) is 2.80. The van der Waals surface area contributed by atoms with Crippen molar-refractivity contribution < 1.29 is 9.21 Å². The van der Waals surface area contributed by atoms with Crippen LogP contribution >= 0.6 is 22.6 Å². The molecule has 4 nitrogen and oxygen atoms in total. The summed E-state index contributed by atoms with van der Waals surface area (Å²) in [6, 6.07) is 5.32. The maximum Gasteiger partial charge on any atom is 0.260 e. The molecule has 17 heavy (non-hydrogen) atoms. The van der Waals surface area contributed by atoms with E-state index >= 15 is 0 Å². The Labute approximate surface area is 113 Å². The van der Waals surface area contributed by atoms with Crippen LogP contribution in [0.3, 0.4) is 0 Å². The number of carbonyl (C=O) groups is 1. The van der Waals surface area contributed by atoms with Gasteiger partial charge in [-0.25, -0.2) is 4.98 Å². The number of hydrogen-bond acceptors (Lipinski definition) is 3. The minimum Gasteiger partial charge on any atom is -0.469 e. The normalized spacial score (nSPS) is 10.2. The topological polar surface area (TPSA) is 55.1 Å². The number of pyridine rings is 1. The van der Waals surface area contributed by atoms with Crippen LogP contribution in [0.5, 0.6) is 0 Å². The van der Waals surface area contributed by atoms with Gasteiger partial charge in [0, 0.05) is 16.2 Å². The molecule has 5 heteroatoms. The van der Waals surface area contributed by atoms with Crippen LogP contribution in [-0.4, -0.2) is 10.9 Å². The molecule has 0 bridgehead atoms. The Balaban J connectivity index is 2.14. The van der Waals surface area contributed by atoms with Crippen molar-refractivity contribution in [2.75, 3.05) is 5.32 Å². The molecule has 0 saturated carbocycles. The second-order valence-electron chi connectivity index (χ2n) is 3.43. The van der Waals surface area contributed by atoms with Gasteiger partial charge in [0.2, 0.25) is 0 Å². The molecule has 1 amide bonds. The lowest BCUT2D eigenvalue weighted by Gasteiger charge is -2.03. The lowest BCUT2D eigenvalue weighted by Crippen LogP contribution is -2.13. The van der Waals surface area contributed by atoms with Crippen LogP contribution in [0, 0.1) is 3.57 Å². The summed E-state index contributed by atoms with van der Waals surface area (Å²) in [4.78, 5) is 16.0. The summed E-state index contributed by atoms with van der Waals surface area (Å²) in [5, 5.41) is 2.73. The molecule has 0 fully saturated rings. The highest BCUT2D eigenvalue weighted by atomic mass is 127. The molecule has 0 aliphatic carbocycles. The van der Waals surface area contributed by atoms with E-state index in [1.165, 1.54) is 6.26 Å². The molecule has 2 heterocycles. The van der Waals surface area contributed by atoms with E-state index in [9.17, 15) is 4.79 Å². The molecular formula is C12H11IN2O2. The van der Waals surface area contributed by atoms with Crippen LogP contribution in [0.15, 0.2) is 35.1 Å². The quantitative estimate of drug-likeness (QED) is 0.873. The van der Waals surface area contributed by atoms with Crippen molar-refractivity contribution in [2.24, 2.45) is 0 Å². The number of amides is 1. The van der Waals surface area contributed by atoms with Crippen molar-refractivity contribution in [2.45, 2.75) is 13.3 Å². The first-order valence-corrected chi connectivity index (χ1v) is 6.28. The molecule has 2 rings (SSSR count). The predicted octanol–water partition coefficient (Wildman–Crippen LogP) is 3.09. The molecule has 1 N–H and O–H groups in total. The molecule has 0 atom stereocenters. The number of nitrogens with zero attached hydrogens (tertiary/aromatic N) is 1. The summed E-state index contributed by atoms with van der Waals surface area (Å²) in [6.07, 6.45) is 3.91. The lowest BCUT2D eigenvalue weighted by molar-refractivity contribution is 0.102. The van der Waals surface area contributed by atoms with Gasteiger partial charge < -0.3 is 9.73 Å². The number of furan rings is 1. The summed E-state index contributed by atoms with van der Waals surface area (Å²) >= 11 is 2.16. The van der Waals surface area contributed by atoms with Crippen LogP contribution in [0.1, 0.15) is 23.0 Å². The second kappa shape index (κ2) is 5.31. The molecule has 2 aromatic heterocycles. The maximum atomic E-state index is 11.9. The average molecular weight is 342 g/mol. The Morgan fingerprint density at radius 3 is 2.94 bits per heavy atom. The van der Waals surface area contributed by atoms with E-state index < -0.39 is 0 Å². The molecule has 88 valence electrons. The number of carbonyl (C=O) groups excluding carboxylic acids is 1. The highest BCUT2D eigenvalue weighted by molar-refractivity contribution is 14.1. The first kappa shape index (κ1) is 12.1. The number of rotatable bonds is 3. The fourth-order valence-electron chi connectivity index (χ4n) is 1.45. The number of halogens is 1. The smallest absolute Gasteiger partial charge is 0.260 e. The Kier molecular flexibility index (Phi) is 3.78. The van der Waals surface area contributed by atoms with Crippen molar-refractivity contribution in [1.82, 2.24) is 4.98 Å². The van der Waals surface area contributed by atoms with Crippen LogP contribution in [0.4, 0.5) is 5.82 Å². The van der Waals surface area contributed by atoms with Crippen LogP contribution in [0.25, 0.3) is 0 Å². The van der Waals surface area contributed by atoms with Crippen LogP contribution in [-0.2, 0) is 6.42 Å². The van der Waals surface area contributed by atoms with E-state index in [1.807, 2.05) is 13.0 Å². The van der Waals surface area contributed by atoms with Gasteiger partial charge in [-0.15, -0.1) is 0 Å². The van der Waals surface area contributed by atoms with Gasteiger partial charge in [-0.2, -0.15) is 0 Å². The maximum absolute atomic E-state index is 11.9. The summed E-state index contributed by atoms with van der Waals surface area (Å²) in [6.45, 7) is 1.94. The van der Waals surface area contributed by atoms with E-state index in [4.69, 9.17) is 4.42 Å². The monoisotopic (exact) mass is 342 g/mol. The van der Waals surface area contributed by atoms with Gasteiger partial charge in [-0.1, -0.05) is 6.92 Å². The zero-order valence-electron chi connectivity index (χ0n) is 9.24. The van der Waals surface area contributed by atoms with Gasteiger partial charge in [0.25, 0.3) is 5.91 Å². The third-order valence-corrected chi connectivity index (χ3v) is 2.92. The van der Waals surface area contributed by atoms with Crippen molar-refractivity contribution in [3.63, 3.8) is 0 Å². The van der Waals surface area contributed by atoms with Crippen molar-refractivity contribution in [3.8, 4) is 0 Å². The molecule has 0 radical (unpaired) electrons. The Hall–Kier alpha value is -1.37. The first-order chi connectivity index (χ1) is 8.20. The van der Waals surface area contributed by atoms with Gasteiger partial charge in [-0.05, 0) is 40.8 Å². The van der Waals surface area contributed by atoms with E-state index in [2.05, 4.69) is 32.9 Å².